The van der Waals surface area contributed by atoms with Crippen LogP contribution in [0.5, 0.6) is 0 Å². The van der Waals surface area contributed by atoms with E-state index in [1.165, 1.54) is 32.5 Å². The van der Waals surface area contributed by atoms with Crippen LogP contribution in [0.2, 0.25) is 0 Å². The van der Waals surface area contributed by atoms with Gasteiger partial charge in [-0.3, -0.25) is 0 Å². The van der Waals surface area contributed by atoms with Crippen LogP contribution in [0.4, 0.5) is 0 Å². The Balaban J connectivity index is 0.000000500. The Morgan fingerprint density at radius 2 is 1.91 bits per heavy atom. The molecule has 0 aromatic heterocycles. The first-order valence-electron chi connectivity index (χ1n) is 3.91. The molecule has 4 heteroatoms. The molecule has 2 nitrogen and oxygen atoms in total. The van der Waals surface area contributed by atoms with Crippen molar-refractivity contribution in [2.45, 2.75) is 18.9 Å². The highest BCUT2D eigenvalue weighted by Gasteiger charge is 2.28. The molecule has 0 radical (unpaired) electrons. The molecule has 11 heavy (non-hydrogen) atoms. The Labute approximate surface area is 80.3 Å². The highest BCUT2D eigenvalue weighted by Crippen LogP contribution is 2.18. The van der Waals surface area contributed by atoms with E-state index in [1.807, 2.05) is 0 Å². The van der Waals surface area contributed by atoms with Crippen LogP contribution in [0.15, 0.2) is 0 Å². The van der Waals surface area contributed by atoms with Crippen molar-refractivity contribution in [1.82, 2.24) is 10.6 Å². The summed E-state index contributed by atoms with van der Waals surface area (Å²) in [5, 5.41) is 6.92. The predicted molar refractivity (Wildman–Crippen MR) is 51.9 cm³/mol. The Morgan fingerprint density at radius 3 is 2.64 bits per heavy atom. The van der Waals surface area contributed by atoms with Crippen molar-refractivity contribution in [1.29, 1.82) is 0 Å². The van der Waals surface area contributed by atoms with Crippen molar-refractivity contribution in [2.75, 3.05) is 19.6 Å². The van der Waals surface area contributed by atoms with E-state index in [9.17, 15) is 0 Å². The molecule has 0 spiro atoms. The van der Waals surface area contributed by atoms with E-state index in [4.69, 9.17) is 0 Å². The fraction of sp³-hybridized carbons (Fsp3) is 1.00. The zero-order valence-electron chi connectivity index (χ0n) is 6.51. The van der Waals surface area contributed by atoms with Gasteiger partial charge in [0.2, 0.25) is 0 Å². The van der Waals surface area contributed by atoms with Gasteiger partial charge < -0.3 is 10.6 Å². The summed E-state index contributed by atoms with van der Waals surface area (Å²) in [7, 11) is 0. The number of halogens is 2. The number of piperidine rings is 1. The second-order valence-electron chi connectivity index (χ2n) is 3.12. The molecule has 2 fully saturated rings. The van der Waals surface area contributed by atoms with Gasteiger partial charge in [-0.15, -0.1) is 24.8 Å². The molecule has 0 saturated carbocycles. The maximum atomic E-state index is 3.52. The lowest BCUT2D eigenvalue weighted by atomic mass is 9.94. The van der Waals surface area contributed by atoms with Crippen LogP contribution in [0.3, 0.4) is 0 Å². The summed E-state index contributed by atoms with van der Waals surface area (Å²) < 4.78 is 0. The van der Waals surface area contributed by atoms with Crippen LogP contribution in [-0.4, -0.2) is 25.7 Å². The summed E-state index contributed by atoms with van der Waals surface area (Å²) in [6.45, 7) is 3.69. The van der Waals surface area contributed by atoms with E-state index in [1.54, 1.807) is 0 Å². The molecule has 0 bridgehead atoms. The molecule has 2 saturated heterocycles. The van der Waals surface area contributed by atoms with Crippen LogP contribution in [-0.2, 0) is 0 Å². The lowest BCUT2D eigenvalue weighted by Crippen LogP contribution is -2.40. The van der Waals surface area contributed by atoms with Crippen LogP contribution in [0, 0.1) is 5.92 Å². The fourth-order valence-corrected chi connectivity index (χ4v) is 1.93. The van der Waals surface area contributed by atoms with Gasteiger partial charge in [0.15, 0.2) is 0 Å². The number of nitrogens with one attached hydrogen (secondary N) is 2. The molecular formula is C7H16Cl2N2. The van der Waals surface area contributed by atoms with Gasteiger partial charge in [0.1, 0.15) is 0 Å². The van der Waals surface area contributed by atoms with Gasteiger partial charge in [-0.05, 0) is 31.8 Å². The predicted octanol–water partition coefficient (Wildman–Crippen LogP) is 0.801. The van der Waals surface area contributed by atoms with Crippen LogP contribution >= 0.6 is 24.8 Å². The van der Waals surface area contributed by atoms with Crippen molar-refractivity contribution < 1.29 is 0 Å². The standard InChI is InChI=1S/C7H14N2.2ClH/c1-2-6-4-8-5-7(6)9-3-1;;/h6-9H,1-5H2;2*1H/t6-,7-;;/m0../s1. The smallest absolute Gasteiger partial charge is 0.0232 e. The van der Waals surface area contributed by atoms with Gasteiger partial charge in [0.25, 0.3) is 0 Å². The minimum absolute atomic E-state index is 0. The number of hydrogen-bond donors (Lipinski definition) is 2. The van der Waals surface area contributed by atoms with E-state index < -0.39 is 0 Å². The van der Waals surface area contributed by atoms with Crippen molar-refractivity contribution in [3.8, 4) is 0 Å². The van der Waals surface area contributed by atoms with Gasteiger partial charge in [-0.1, -0.05) is 0 Å². The van der Waals surface area contributed by atoms with Gasteiger partial charge in [0, 0.05) is 12.6 Å². The molecule has 2 aliphatic heterocycles. The van der Waals surface area contributed by atoms with Gasteiger partial charge in [0.05, 0.1) is 0 Å². The Bertz CT molecular complexity index is 98.6. The summed E-state index contributed by atoms with van der Waals surface area (Å²) in [5.74, 6) is 0.943. The van der Waals surface area contributed by atoms with Crippen LogP contribution in [0.25, 0.3) is 0 Å². The molecule has 2 atom stereocenters. The Morgan fingerprint density at radius 1 is 1.09 bits per heavy atom. The number of hydrogen-bond acceptors (Lipinski definition) is 2. The maximum Gasteiger partial charge on any atom is 0.0232 e. The normalized spacial score (nSPS) is 34.9. The zero-order valence-corrected chi connectivity index (χ0v) is 8.14. The highest BCUT2D eigenvalue weighted by molar-refractivity contribution is 5.85. The quantitative estimate of drug-likeness (QED) is 0.603. The monoisotopic (exact) mass is 198 g/mol. The Kier molecular flexibility index (Phi) is 5.44. The van der Waals surface area contributed by atoms with E-state index in [0.29, 0.717) is 0 Å². The SMILES string of the molecule is C1CN[C@H]2CNC[C@@H]2C1.Cl.Cl. The molecule has 0 aromatic carbocycles. The van der Waals surface area contributed by atoms with E-state index in [0.717, 1.165) is 12.0 Å². The minimum Gasteiger partial charge on any atom is -0.315 e. The molecule has 0 aromatic rings. The molecule has 2 N–H and O–H groups in total. The van der Waals surface area contributed by atoms with E-state index in [-0.39, 0.29) is 24.8 Å². The second kappa shape index (κ2) is 5.20. The summed E-state index contributed by atoms with van der Waals surface area (Å²) in [4.78, 5) is 0. The van der Waals surface area contributed by atoms with Crippen molar-refractivity contribution in [3.63, 3.8) is 0 Å². The molecule has 0 amide bonds. The molecule has 2 heterocycles. The molecular weight excluding hydrogens is 183 g/mol. The average Bonchev–Trinajstić information content (AvgIpc) is 2.33. The molecule has 2 rings (SSSR count). The summed E-state index contributed by atoms with van der Waals surface area (Å²) in [6, 6.07) is 0.804. The topological polar surface area (TPSA) is 24.1 Å². The van der Waals surface area contributed by atoms with E-state index in [2.05, 4.69) is 10.6 Å². The maximum absolute atomic E-state index is 3.52. The summed E-state index contributed by atoms with van der Waals surface area (Å²) in [5.41, 5.74) is 0. The average molecular weight is 199 g/mol. The lowest BCUT2D eigenvalue weighted by Gasteiger charge is -2.24. The summed E-state index contributed by atoms with van der Waals surface area (Å²) in [6.07, 6.45) is 2.81. The lowest BCUT2D eigenvalue weighted by molar-refractivity contribution is 0.339. The van der Waals surface area contributed by atoms with Crippen LogP contribution < -0.4 is 10.6 Å². The molecule has 2 aliphatic rings. The first kappa shape index (κ1) is 11.5. The first-order chi connectivity index (χ1) is 4.47. The third-order valence-electron chi connectivity index (χ3n) is 2.50. The van der Waals surface area contributed by atoms with Crippen molar-refractivity contribution in [3.05, 3.63) is 0 Å². The largest absolute Gasteiger partial charge is 0.315 e. The number of rotatable bonds is 0. The van der Waals surface area contributed by atoms with Crippen molar-refractivity contribution >= 4 is 24.8 Å². The fourth-order valence-electron chi connectivity index (χ4n) is 1.93. The third-order valence-corrected chi connectivity index (χ3v) is 2.50. The van der Waals surface area contributed by atoms with E-state index >= 15 is 0 Å². The number of fused-ring (bicyclic) bond motifs is 1. The molecule has 68 valence electrons. The molecule has 0 unspecified atom stereocenters. The summed E-state index contributed by atoms with van der Waals surface area (Å²) >= 11 is 0. The molecule has 0 aliphatic carbocycles. The van der Waals surface area contributed by atoms with Gasteiger partial charge in [-0.25, -0.2) is 0 Å². The zero-order chi connectivity index (χ0) is 6.10. The second-order valence-corrected chi connectivity index (χ2v) is 3.12. The first-order valence-corrected chi connectivity index (χ1v) is 3.91. The Hall–Kier alpha value is 0.500. The van der Waals surface area contributed by atoms with Gasteiger partial charge in [-0.2, -0.15) is 0 Å². The minimum atomic E-state index is 0. The van der Waals surface area contributed by atoms with Crippen LogP contribution in [0.1, 0.15) is 12.8 Å². The van der Waals surface area contributed by atoms with Crippen molar-refractivity contribution in [2.24, 2.45) is 5.92 Å². The highest BCUT2D eigenvalue weighted by atomic mass is 35.5. The third kappa shape index (κ3) is 2.48. The van der Waals surface area contributed by atoms with Gasteiger partial charge >= 0.3 is 0 Å².